The van der Waals surface area contributed by atoms with E-state index in [0.717, 1.165) is 74.4 Å². The van der Waals surface area contributed by atoms with Gasteiger partial charge in [0.1, 0.15) is 10.8 Å². The molecule has 1 amide bonds. The molecule has 6 rings (SSSR count). The zero-order valence-electron chi connectivity index (χ0n) is 30.0. The van der Waals surface area contributed by atoms with Crippen LogP contribution in [0.1, 0.15) is 46.6 Å². The number of hydrogen-bond donors (Lipinski definition) is 3. The number of hydrogen-bond acceptors (Lipinski definition) is 12. The van der Waals surface area contributed by atoms with E-state index in [2.05, 4.69) is 54.3 Å². The van der Waals surface area contributed by atoms with Gasteiger partial charge in [-0.15, -0.1) is 0 Å². The fraction of sp³-hybridized carbons (Fsp3) is 0.371. The Morgan fingerprint density at radius 3 is 2.16 bits per heavy atom. The van der Waals surface area contributed by atoms with Gasteiger partial charge in [0.05, 0.1) is 18.1 Å². The molecule has 5 heterocycles. The number of aryl methyl sites for hydroxylation is 3. The number of fused-ring (bicyclic) bond motifs is 6. The van der Waals surface area contributed by atoms with Crippen LogP contribution in [0.2, 0.25) is 5.02 Å². The van der Waals surface area contributed by atoms with Crippen molar-refractivity contribution >= 4 is 64.2 Å². The summed E-state index contributed by atoms with van der Waals surface area (Å²) in [5.41, 5.74) is 5.59. The van der Waals surface area contributed by atoms with E-state index in [0.29, 0.717) is 34.2 Å². The maximum atomic E-state index is 12.7. The van der Waals surface area contributed by atoms with Gasteiger partial charge in [0.25, 0.3) is 5.91 Å². The summed E-state index contributed by atoms with van der Waals surface area (Å²) in [6.45, 7) is 4.15. The van der Waals surface area contributed by atoms with Crippen molar-refractivity contribution in [3.05, 3.63) is 76.5 Å². The van der Waals surface area contributed by atoms with Gasteiger partial charge in [0.2, 0.25) is 12.2 Å². The molecule has 0 unspecified atom stereocenters. The maximum absolute atomic E-state index is 12.7. The second-order valence-electron chi connectivity index (χ2n) is 12.7. The largest absolute Gasteiger partial charge is 0.458 e. The Kier molecular flexibility index (Phi) is 14.8. The third kappa shape index (κ3) is 13.4. The van der Waals surface area contributed by atoms with Gasteiger partial charge >= 0.3 is 30.1 Å². The number of Topliss-reactive ketones (excluding diaryl/α,β-unsaturated/α-hetero) is 2. The monoisotopic (exact) mass is 850 g/mol. The average Bonchev–Trinajstić information content (AvgIpc) is 3.61. The lowest BCUT2D eigenvalue weighted by Gasteiger charge is -2.31. The number of nitrogens with zero attached hydrogens (tertiary/aromatic N) is 5. The number of rotatable bonds is 6. The number of benzene rings is 1. The van der Waals surface area contributed by atoms with E-state index in [-0.39, 0.29) is 5.91 Å². The summed E-state index contributed by atoms with van der Waals surface area (Å²) in [6, 6.07) is 10.1. The van der Waals surface area contributed by atoms with Crippen molar-refractivity contribution in [3.8, 4) is 0 Å². The van der Waals surface area contributed by atoms with Crippen molar-refractivity contribution in [2.75, 3.05) is 35.6 Å². The first kappa shape index (κ1) is 44.9. The zero-order chi connectivity index (χ0) is 42.8. The van der Waals surface area contributed by atoms with Crippen LogP contribution >= 0.6 is 11.6 Å². The van der Waals surface area contributed by atoms with E-state index in [4.69, 9.17) is 20.9 Å². The number of aromatic nitrogens is 4. The van der Waals surface area contributed by atoms with Gasteiger partial charge in [0, 0.05) is 43.3 Å². The van der Waals surface area contributed by atoms with Crippen molar-refractivity contribution in [1.29, 1.82) is 0 Å². The molecule has 58 heavy (non-hydrogen) atoms. The van der Waals surface area contributed by atoms with Crippen molar-refractivity contribution in [2.24, 2.45) is 5.92 Å². The van der Waals surface area contributed by atoms with Crippen LogP contribution in [0, 0.1) is 12.8 Å². The molecule has 312 valence electrons. The van der Waals surface area contributed by atoms with Crippen LogP contribution < -0.4 is 16.0 Å². The summed E-state index contributed by atoms with van der Waals surface area (Å²) in [7, 11) is 0. The molecule has 0 spiro atoms. The number of carbonyl (C=O) groups excluding carboxylic acids is 4. The molecule has 6 bridgehead atoms. The molecular formula is C35H32ClF9N8O5. The second-order valence-corrected chi connectivity index (χ2v) is 13.1. The number of piperidine rings is 1. The van der Waals surface area contributed by atoms with Crippen molar-refractivity contribution in [2.45, 2.75) is 57.6 Å². The van der Waals surface area contributed by atoms with Crippen molar-refractivity contribution in [1.82, 2.24) is 25.0 Å². The second kappa shape index (κ2) is 19.1. The van der Waals surface area contributed by atoms with Gasteiger partial charge in [0.15, 0.2) is 11.5 Å². The summed E-state index contributed by atoms with van der Waals surface area (Å²) in [5.74, 6) is -4.65. The summed E-state index contributed by atoms with van der Waals surface area (Å²) in [4.78, 5) is 55.7. The number of amides is 1. The van der Waals surface area contributed by atoms with Crippen LogP contribution in [0.4, 0.5) is 68.3 Å². The van der Waals surface area contributed by atoms with Crippen molar-refractivity contribution in [3.63, 3.8) is 0 Å². The first-order valence-electron chi connectivity index (χ1n) is 17.0. The Morgan fingerprint density at radius 2 is 1.57 bits per heavy atom. The maximum Gasteiger partial charge on any atom is 0.458 e. The Balaban J connectivity index is 0.000000346. The molecule has 0 aliphatic carbocycles. The van der Waals surface area contributed by atoms with E-state index in [1.165, 1.54) is 5.56 Å². The predicted molar refractivity (Wildman–Crippen MR) is 189 cm³/mol. The number of alkyl halides is 9. The SMILES string of the molecule is Cc1cc(C(=O)N2CCC(CCNc3ccc4cc3CCc3cncc(c3)Nc3ncc(Cl)c(n3)N4)CC2)no1.O=C(C(=O)C(F)(F)F)C(F)(F)F.O=CC(F)(F)F. The summed E-state index contributed by atoms with van der Waals surface area (Å²) >= 11 is 6.40. The highest BCUT2D eigenvalue weighted by molar-refractivity contribution is 6.41. The summed E-state index contributed by atoms with van der Waals surface area (Å²) in [5, 5.41) is 14.6. The standard InChI is InChI=1S/C29H31ClN8O2.C4F6O2.C2HF3O/c1-18-12-26(37-40-18)28(39)38-10-7-19(8-11-38)6-9-32-25-5-4-22-14-21(25)3-2-20-13-23(16-31-15-20)35-29-33-17-24(30)27(34-22)36-29;5-3(6,7)1(11)2(12)4(8,9)10;3-2(4,5)1-6/h4-5,12-17,19,32H,2-3,6-11H2,1H3,(H2,33,34,35,36);;1H. The minimum absolute atomic E-state index is 0.0434. The highest BCUT2D eigenvalue weighted by Crippen LogP contribution is 2.30. The van der Waals surface area contributed by atoms with Crippen LogP contribution in [-0.2, 0) is 27.2 Å². The quantitative estimate of drug-likeness (QED) is 0.0980. The molecular weight excluding hydrogens is 819 g/mol. The molecule has 3 N–H and O–H groups in total. The fourth-order valence-corrected chi connectivity index (χ4v) is 5.66. The van der Waals surface area contributed by atoms with Gasteiger partial charge in [-0.05, 0) is 80.3 Å². The fourth-order valence-electron chi connectivity index (χ4n) is 5.53. The number of pyridine rings is 1. The number of nitrogens with one attached hydrogen (secondary N) is 3. The van der Waals surface area contributed by atoms with Gasteiger partial charge in [-0.25, -0.2) is 4.98 Å². The minimum Gasteiger partial charge on any atom is -0.385 e. The normalized spacial score (nSPS) is 14.3. The summed E-state index contributed by atoms with van der Waals surface area (Å²) < 4.78 is 103. The highest BCUT2D eigenvalue weighted by atomic mass is 35.5. The smallest absolute Gasteiger partial charge is 0.385 e. The zero-order valence-corrected chi connectivity index (χ0v) is 30.7. The lowest BCUT2D eigenvalue weighted by molar-refractivity contribution is -0.193. The van der Waals surface area contributed by atoms with E-state index >= 15 is 0 Å². The Morgan fingerprint density at radius 1 is 0.914 bits per heavy atom. The van der Waals surface area contributed by atoms with E-state index < -0.39 is 36.4 Å². The molecule has 2 aliphatic rings. The summed E-state index contributed by atoms with van der Waals surface area (Å²) in [6.07, 6.45) is -7.29. The third-order valence-electron chi connectivity index (χ3n) is 8.32. The predicted octanol–water partition coefficient (Wildman–Crippen LogP) is 7.76. The first-order chi connectivity index (χ1) is 27.1. The topological polar surface area (TPSA) is 172 Å². The van der Waals surface area contributed by atoms with Gasteiger partial charge in [-0.1, -0.05) is 16.8 Å². The first-order valence-corrected chi connectivity index (χ1v) is 17.4. The molecule has 1 aromatic carbocycles. The number of ketones is 2. The molecule has 3 aromatic heterocycles. The van der Waals surface area contributed by atoms with Gasteiger partial charge in [-0.3, -0.25) is 24.2 Å². The Hall–Kier alpha value is -5.80. The lowest BCUT2D eigenvalue weighted by atomic mass is 9.93. The number of likely N-dealkylation sites (tertiary alicyclic amines) is 1. The number of carbonyl (C=O) groups is 4. The van der Waals surface area contributed by atoms with E-state index in [1.807, 2.05) is 17.2 Å². The minimum atomic E-state index is -5.77. The molecule has 23 heteroatoms. The van der Waals surface area contributed by atoms with Crippen LogP contribution in [0.15, 0.2) is 53.4 Å². The average molecular weight is 851 g/mol. The van der Waals surface area contributed by atoms with E-state index in [1.54, 1.807) is 25.4 Å². The number of anilines is 5. The van der Waals surface area contributed by atoms with Crippen LogP contribution in [0.3, 0.4) is 0 Å². The molecule has 2 aliphatic heterocycles. The van der Waals surface area contributed by atoms with Crippen LogP contribution in [-0.4, -0.2) is 86.9 Å². The number of aldehydes is 1. The number of halogens is 10. The van der Waals surface area contributed by atoms with Gasteiger partial charge in [-0.2, -0.15) is 44.5 Å². The van der Waals surface area contributed by atoms with Crippen molar-refractivity contribution < 1.29 is 63.2 Å². The Labute approximate surface area is 327 Å². The molecule has 0 radical (unpaired) electrons. The molecule has 1 saturated heterocycles. The van der Waals surface area contributed by atoms with Crippen LogP contribution in [0.25, 0.3) is 0 Å². The third-order valence-corrected chi connectivity index (χ3v) is 8.59. The highest BCUT2D eigenvalue weighted by Gasteiger charge is 2.54. The lowest BCUT2D eigenvalue weighted by Crippen LogP contribution is -2.39. The molecule has 0 atom stereocenters. The van der Waals surface area contributed by atoms with Gasteiger partial charge < -0.3 is 25.4 Å². The Bertz CT molecular complexity index is 2060. The molecule has 0 saturated carbocycles. The molecule has 13 nitrogen and oxygen atoms in total. The van der Waals surface area contributed by atoms with E-state index in [9.17, 15) is 53.9 Å². The molecule has 1 fully saturated rings. The van der Waals surface area contributed by atoms with Crippen LogP contribution in [0.5, 0.6) is 0 Å². The molecule has 4 aromatic rings.